The molecule has 1 aromatic rings. The summed E-state index contributed by atoms with van der Waals surface area (Å²) in [7, 11) is -3.07. The molecular formula is C15H22F2N2O3S. The summed E-state index contributed by atoms with van der Waals surface area (Å²) in [6, 6.07) is 2.56. The van der Waals surface area contributed by atoms with Crippen LogP contribution >= 0.6 is 0 Å². The van der Waals surface area contributed by atoms with Crippen LogP contribution < -0.4 is 10.6 Å². The average molecular weight is 348 g/mol. The van der Waals surface area contributed by atoms with Crippen molar-refractivity contribution < 1.29 is 22.0 Å². The number of nitrogens with one attached hydrogen (secondary N) is 2. The molecule has 0 aromatic heterocycles. The molecular weight excluding hydrogens is 326 g/mol. The second-order valence-corrected chi connectivity index (χ2v) is 8.00. The Hall–Kier alpha value is -1.70. The van der Waals surface area contributed by atoms with E-state index in [0.717, 1.165) is 12.3 Å². The van der Waals surface area contributed by atoms with Gasteiger partial charge in [0.15, 0.2) is 0 Å². The van der Waals surface area contributed by atoms with E-state index in [2.05, 4.69) is 10.6 Å². The number of sulfone groups is 1. The van der Waals surface area contributed by atoms with Gasteiger partial charge in [0.2, 0.25) is 0 Å². The Kier molecular flexibility index (Phi) is 6.93. The lowest BCUT2D eigenvalue weighted by Gasteiger charge is -2.17. The van der Waals surface area contributed by atoms with Crippen LogP contribution in [0.1, 0.15) is 31.7 Å². The zero-order valence-electron chi connectivity index (χ0n) is 13.4. The molecule has 0 saturated heterocycles. The van der Waals surface area contributed by atoms with Gasteiger partial charge in [-0.1, -0.05) is 13.0 Å². The van der Waals surface area contributed by atoms with Gasteiger partial charge in [0.1, 0.15) is 21.5 Å². The highest BCUT2D eigenvalue weighted by molar-refractivity contribution is 7.90. The molecule has 1 aromatic carbocycles. The largest absolute Gasteiger partial charge is 0.338 e. The van der Waals surface area contributed by atoms with E-state index in [0.29, 0.717) is 12.0 Å². The summed E-state index contributed by atoms with van der Waals surface area (Å²) in [4.78, 5) is 11.7. The second kappa shape index (κ2) is 8.24. The normalized spacial score (nSPS) is 14.1. The number of hydrogen-bond donors (Lipinski definition) is 2. The number of amides is 2. The number of halogens is 2. The summed E-state index contributed by atoms with van der Waals surface area (Å²) in [6.45, 7) is 3.59. The third kappa shape index (κ3) is 7.40. The van der Waals surface area contributed by atoms with E-state index >= 15 is 0 Å². The summed E-state index contributed by atoms with van der Waals surface area (Å²) < 4.78 is 48.6. The predicted molar refractivity (Wildman–Crippen MR) is 85.1 cm³/mol. The second-order valence-electron chi connectivity index (χ2n) is 5.74. The summed E-state index contributed by atoms with van der Waals surface area (Å²) >= 11 is 0. The van der Waals surface area contributed by atoms with Crippen LogP contribution in [-0.2, 0) is 9.84 Å². The predicted octanol–water partition coefficient (Wildman–Crippen LogP) is 2.19. The van der Waals surface area contributed by atoms with Crippen LogP contribution in [0.15, 0.2) is 18.2 Å². The van der Waals surface area contributed by atoms with Crippen LogP contribution in [0, 0.1) is 11.6 Å². The fraction of sp³-hybridized carbons (Fsp3) is 0.533. The van der Waals surface area contributed by atoms with Gasteiger partial charge in [-0.25, -0.2) is 22.0 Å². The van der Waals surface area contributed by atoms with E-state index in [1.54, 1.807) is 13.8 Å². The molecule has 0 saturated carbocycles. The third-order valence-corrected chi connectivity index (χ3v) is 4.34. The van der Waals surface area contributed by atoms with Gasteiger partial charge in [-0.2, -0.15) is 0 Å². The van der Waals surface area contributed by atoms with Crippen molar-refractivity contribution in [3.8, 4) is 0 Å². The molecule has 8 heteroatoms. The van der Waals surface area contributed by atoms with Gasteiger partial charge in [0.05, 0.1) is 5.75 Å². The Morgan fingerprint density at radius 3 is 2.48 bits per heavy atom. The molecule has 0 radical (unpaired) electrons. The molecule has 0 heterocycles. The van der Waals surface area contributed by atoms with E-state index in [1.807, 2.05) is 0 Å². The van der Waals surface area contributed by atoms with Crippen LogP contribution in [0.25, 0.3) is 0 Å². The van der Waals surface area contributed by atoms with Crippen molar-refractivity contribution in [1.29, 1.82) is 0 Å². The van der Waals surface area contributed by atoms with E-state index in [9.17, 15) is 22.0 Å². The molecule has 2 N–H and O–H groups in total. The molecule has 0 spiro atoms. The first-order chi connectivity index (χ1) is 10.6. The smallest absolute Gasteiger partial charge is 0.315 e. The summed E-state index contributed by atoms with van der Waals surface area (Å²) in [5.74, 6) is -1.64. The van der Waals surface area contributed by atoms with E-state index in [1.165, 1.54) is 12.1 Å². The molecule has 1 rings (SSSR count). The SMILES string of the molecule is C[C@@H](CCS(C)(=O)=O)NC(=O)NC[C@H](C)c1ccc(F)cc1F. The summed E-state index contributed by atoms with van der Waals surface area (Å²) in [6.07, 6.45) is 1.45. The highest BCUT2D eigenvalue weighted by Crippen LogP contribution is 2.19. The van der Waals surface area contributed by atoms with Crippen molar-refractivity contribution >= 4 is 15.9 Å². The molecule has 5 nitrogen and oxygen atoms in total. The zero-order chi connectivity index (χ0) is 17.6. The highest BCUT2D eigenvalue weighted by Gasteiger charge is 2.14. The van der Waals surface area contributed by atoms with Gasteiger partial charge in [0, 0.05) is 30.8 Å². The minimum atomic E-state index is -3.07. The first-order valence-electron chi connectivity index (χ1n) is 7.25. The van der Waals surface area contributed by atoms with Crippen molar-refractivity contribution in [3.05, 3.63) is 35.4 Å². The van der Waals surface area contributed by atoms with Gasteiger partial charge in [-0.3, -0.25) is 0 Å². The number of carbonyl (C=O) groups excluding carboxylic acids is 1. The lowest BCUT2D eigenvalue weighted by molar-refractivity contribution is 0.237. The molecule has 2 amide bonds. The quantitative estimate of drug-likeness (QED) is 0.793. The molecule has 0 aliphatic heterocycles. The van der Waals surface area contributed by atoms with Crippen LogP contribution in [0.2, 0.25) is 0 Å². The van der Waals surface area contributed by atoms with Gasteiger partial charge in [0.25, 0.3) is 0 Å². The number of urea groups is 1. The van der Waals surface area contributed by atoms with Gasteiger partial charge < -0.3 is 10.6 Å². The van der Waals surface area contributed by atoms with E-state index < -0.39 is 27.5 Å². The first kappa shape index (κ1) is 19.3. The Balaban J connectivity index is 2.43. The molecule has 23 heavy (non-hydrogen) atoms. The Bertz CT molecular complexity index is 650. The topological polar surface area (TPSA) is 75.3 Å². The van der Waals surface area contributed by atoms with E-state index in [4.69, 9.17) is 0 Å². The molecule has 0 aliphatic rings. The number of rotatable bonds is 7. The minimum absolute atomic E-state index is 0.00829. The maximum atomic E-state index is 13.6. The van der Waals surface area contributed by atoms with Crippen LogP contribution in [-0.4, -0.2) is 39.0 Å². The van der Waals surface area contributed by atoms with Crippen molar-refractivity contribution in [2.45, 2.75) is 32.2 Å². The third-order valence-electron chi connectivity index (χ3n) is 3.36. The fourth-order valence-corrected chi connectivity index (χ4v) is 2.78. The van der Waals surface area contributed by atoms with Crippen molar-refractivity contribution in [2.24, 2.45) is 0 Å². The van der Waals surface area contributed by atoms with Gasteiger partial charge in [-0.15, -0.1) is 0 Å². The highest BCUT2D eigenvalue weighted by atomic mass is 32.2. The molecule has 0 unspecified atom stereocenters. The monoisotopic (exact) mass is 348 g/mol. The molecule has 0 bridgehead atoms. The maximum absolute atomic E-state index is 13.6. The standard InChI is InChI=1S/C15H22F2N2O3S/c1-10(13-5-4-12(16)8-14(13)17)9-18-15(20)19-11(2)6-7-23(3,21)22/h4-5,8,10-11H,6-7,9H2,1-3H3,(H2,18,19,20)/t10-,11-/m0/s1. The first-order valence-corrected chi connectivity index (χ1v) is 9.31. The lowest BCUT2D eigenvalue weighted by Crippen LogP contribution is -2.42. The van der Waals surface area contributed by atoms with Crippen LogP contribution in [0.5, 0.6) is 0 Å². The minimum Gasteiger partial charge on any atom is -0.338 e. The van der Waals surface area contributed by atoms with Crippen molar-refractivity contribution in [2.75, 3.05) is 18.6 Å². The summed E-state index contributed by atoms with van der Waals surface area (Å²) in [5, 5.41) is 5.21. The average Bonchev–Trinajstić information content (AvgIpc) is 2.42. The maximum Gasteiger partial charge on any atom is 0.315 e. The molecule has 2 atom stereocenters. The summed E-state index contributed by atoms with van der Waals surface area (Å²) in [5.41, 5.74) is 0.317. The Morgan fingerprint density at radius 2 is 1.91 bits per heavy atom. The van der Waals surface area contributed by atoms with Crippen molar-refractivity contribution in [1.82, 2.24) is 10.6 Å². The zero-order valence-corrected chi connectivity index (χ0v) is 14.2. The number of hydrogen-bond acceptors (Lipinski definition) is 3. The van der Waals surface area contributed by atoms with Gasteiger partial charge in [-0.05, 0) is 25.0 Å². The lowest BCUT2D eigenvalue weighted by atomic mass is 10.0. The molecule has 0 fully saturated rings. The van der Waals surface area contributed by atoms with Crippen LogP contribution in [0.4, 0.5) is 13.6 Å². The van der Waals surface area contributed by atoms with Crippen LogP contribution in [0.3, 0.4) is 0 Å². The molecule has 130 valence electrons. The molecule has 0 aliphatic carbocycles. The Labute approximate surface area is 135 Å². The van der Waals surface area contributed by atoms with Crippen molar-refractivity contribution in [3.63, 3.8) is 0 Å². The Morgan fingerprint density at radius 1 is 1.26 bits per heavy atom. The van der Waals surface area contributed by atoms with Gasteiger partial charge >= 0.3 is 6.03 Å². The number of benzene rings is 1. The fourth-order valence-electron chi connectivity index (χ4n) is 1.99. The van der Waals surface area contributed by atoms with E-state index in [-0.39, 0.29) is 24.3 Å². The number of carbonyl (C=O) groups is 1.